The Hall–Kier alpha value is -1.15. The second-order valence-corrected chi connectivity index (χ2v) is 5.57. The first kappa shape index (κ1) is 12.3. The summed E-state index contributed by atoms with van der Waals surface area (Å²) in [5.74, 6) is 0.386. The van der Waals surface area contributed by atoms with Crippen LogP contribution in [0.1, 0.15) is 25.8 Å². The van der Waals surface area contributed by atoms with Crippen LogP contribution in [0.3, 0.4) is 0 Å². The molecule has 0 saturated carbocycles. The number of piperidine rings is 1. The van der Waals surface area contributed by atoms with Gasteiger partial charge in [-0.1, -0.05) is 44.2 Å². The average Bonchev–Trinajstić information content (AvgIpc) is 2.32. The van der Waals surface area contributed by atoms with Gasteiger partial charge in [-0.15, -0.1) is 0 Å². The third-order valence-electron chi connectivity index (χ3n) is 3.73. The Balaban J connectivity index is 1.84. The zero-order valence-electron chi connectivity index (χ0n) is 10.8. The quantitative estimate of drug-likeness (QED) is 0.796. The highest BCUT2D eigenvalue weighted by molar-refractivity contribution is 5.86. The van der Waals surface area contributed by atoms with Crippen molar-refractivity contribution in [3.63, 3.8) is 0 Å². The third kappa shape index (κ3) is 3.16. The Bertz CT molecular complexity index is 383. The maximum absolute atomic E-state index is 11.9. The van der Waals surface area contributed by atoms with E-state index in [-0.39, 0.29) is 5.41 Å². The predicted octanol–water partition coefficient (Wildman–Crippen LogP) is 2.53. The molecule has 0 atom stereocenters. The van der Waals surface area contributed by atoms with E-state index in [0.29, 0.717) is 12.3 Å². The predicted molar refractivity (Wildman–Crippen MR) is 70.0 cm³/mol. The van der Waals surface area contributed by atoms with E-state index >= 15 is 0 Å². The summed E-state index contributed by atoms with van der Waals surface area (Å²) in [7, 11) is 0. The normalized spacial score (nSPS) is 20.5. The molecule has 0 spiro atoms. The lowest BCUT2D eigenvalue weighted by molar-refractivity contribution is -0.131. The van der Waals surface area contributed by atoms with Crippen molar-refractivity contribution in [1.29, 1.82) is 0 Å². The second-order valence-electron chi connectivity index (χ2n) is 5.57. The molecule has 1 aliphatic rings. The van der Waals surface area contributed by atoms with E-state index in [1.807, 2.05) is 6.07 Å². The van der Waals surface area contributed by atoms with Crippen LogP contribution in [0.15, 0.2) is 30.3 Å². The molecule has 2 rings (SSSR count). The Morgan fingerprint density at radius 3 is 2.59 bits per heavy atom. The Morgan fingerprint density at radius 2 is 1.94 bits per heavy atom. The van der Waals surface area contributed by atoms with Crippen molar-refractivity contribution in [3.05, 3.63) is 35.9 Å². The molecule has 92 valence electrons. The van der Waals surface area contributed by atoms with Crippen molar-refractivity contribution >= 4 is 5.78 Å². The molecule has 2 heteroatoms. The summed E-state index contributed by atoms with van der Waals surface area (Å²) in [6.07, 6.45) is 2.02. The fraction of sp³-hybridized carbons (Fsp3) is 0.533. The van der Waals surface area contributed by atoms with Crippen LogP contribution in [0.5, 0.6) is 0 Å². The van der Waals surface area contributed by atoms with Gasteiger partial charge in [-0.25, -0.2) is 0 Å². The van der Waals surface area contributed by atoms with Crippen LogP contribution in [0.25, 0.3) is 0 Å². The molecule has 0 aromatic heterocycles. The number of carbonyl (C=O) groups excluding carboxylic acids is 1. The molecule has 0 radical (unpaired) electrons. The number of benzene rings is 1. The van der Waals surface area contributed by atoms with Crippen LogP contribution in [0.4, 0.5) is 0 Å². The van der Waals surface area contributed by atoms with E-state index in [4.69, 9.17) is 0 Å². The zero-order chi connectivity index (χ0) is 12.3. The maximum atomic E-state index is 11.9. The van der Waals surface area contributed by atoms with Gasteiger partial charge in [0.1, 0.15) is 0 Å². The Labute approximate surface area is 104 Å². The fourth-order valence-corrected chi connectivity index (χ4v) is 2.20. The molecule has 1 fully saturated rings. The molecule has 0 bridgehead atoms. The minimum absolute atomic E-state index is 0.108. The number of ketones is 1. The lowest BCUT2D eigenvalue weighted by atomic mass is 9.81. The SMILES string of the molecule is CC1(C)CCN(CCc2ccccc2)CC1=O. The van der Waals surface area contributed by atoms with Crippen LogP contribution in [-0.4, -0.2) is 30.3 Å². The van der Waals surface area contributed by atoms with Crippen LogP contribution in [0.2, 0.25) is 0 Å². The molecular formula is C15H21NO. The molecule has 1 aromatic rings. The standard InChI is InChI=1S/C15H21NO/c1-15(2)9-11-16(12-14(15)17)10-8-13-6-4-3-5-7-13/h3-7H,8-12H2,1-2H3. The highest BCUT2D eigenvalue weighted by Gasteiger charge is 2.33. The van der Waals surface area contributed by atoms with E-state index < -0.39 is 0 Å². The Morgan fingerprint density at radius 1 is 1.24 bits per heavy atom. The van der Waals surface area contributed by atoms with Crippen molar-refractivity contribution in [2.45, 2.75) is 26.7 Å². The van der Waals surface area contributed by atoms with Gasteiger partial charge in [-0.05, 0) is 24.9 Å². The van der Waals surface area contributed by atoms with E-state index in [1.54, 1.807) is 0 Å². The molecule has 1 aliphatic heterocycles. The van der Waals surface area contributed by atoms with Gasteiger partial charge >= 0.3 is 0 Å². The van der Waals surface area contributed by atoms with Gasteiger partial charge in [0.15, 0.2) is 5.78 Å². The number of hydrogen-bond acceptors (Lipinski definition) is 2. The molecule has 0 aliphatic carbocycles. The number of likely N-dealkylation sites (tertiary alicyclic amines) is 1. The first-order valence-electron chi connectivity index (χ1n) is 6.37. The van der Waals surface area contributed by atoms with Gasteiger partial charge in [0.05, 0.1) is 6.54 Å². The average molecular weight is 231 g/mol. The van der Waals surface area contributed by atoms with Gasteiger partial charge in [0.25, 0.3) is 0 Å². The number of nitrogens with zero attached hydrogens (tertiary/aromatic N) is 1. The molecule has 1 aromatic carbocycles. The summed E-state index contributed by atoms with van der Waals surface area (Å²) < 4.78 is 0. The summed E-state index contributed by atoms with van der Waals surface area (Å²) in [5, 5.41) is 0. The van der Waals surface area contributed by atoms with Crippen molar-refractivity contribution in [1.82, 2.24) is 4.90 Å². The van der Waals surface area contributed by atoms with Crippen LogP contribution in [-0.2, 0) is 11.2 Å². The number of Topliss-reactive ketones (excluding diaryl/α,β-unsaturated/α-hetero) is 1. The zero-order valence-corrected chi connectivity index (χ0v) is 10.8. The second kappa shape index (κ2) is 5.01. The van der Waals surface area contributed by atoms with Crippen LogP contribution in [0, 0.1) is 5.41 Å². The fourth-order valence-electron chi connectivity index (χ4n) is 2.20. The molecule has 0 amide bonds. The lowest BCUT2D eigenvalue weighted by Gasteiger charge is -2.35. The summed E-state index contributed by atoms with van der Waals surface area (Å²) in [6, 6.07) is 10.5. The first-order chi connectivity index (χ1) is 8.08. The van der Waals surface area contributed by atoms with Gasteiger partial charge in [-0.3, -0.25) is 9.69 Å². The van der Waals surface area contributed by atoms with Crippen molar-refractivity contribution in [2.75, 3.05) is 19.6 Å². The monoisotopic (exact) mass is 231 g/mol. The minimum atomic E-state index is -0.108. The summed E-state index contributed by atoms with van der Waals surface area (Å²) >= 11 is 0. The highest BCUT2D eigenvalue weighted by atomic mass is 16.1. The van der Waals surface area contributed by atoms with Crippen molar-refractivity contribution in [3.8, 4) is 0 Å². The summed E-state index contributed by atoms with van der Waals surface area (Å²) in [4.78, 5) is 14.2. The summed E-state index contributed by atoms with van der Waals surface area (Å²) in [5.41, 5.74) is 1.24. The van der Waals surface area contributed by atoms with E-state index in [9.17, 15) is 4.79 Å². The molecule has 0 unspecified atom stereocenters. The molecule has 2 nitrogen and oxygen atoms in total. The van der Waals surface area contributed by atoms with Crippen LogP contribution >= 0.6 is 0 Å². The molecular weight excluding hydrogens is 210 g/mol. The van der Waals surface area contributed by atoms with E-state index in [1.165, 1.54) is 5.56 Å². The smallest absolute Gasteiger partial charge is 0.152 e. The molecule has 1 saturated heterocycles. The minimum Gasteiger partial charge on any atom is -0.298 e. The lowest BCUT2D eigenvalue weighted by Crippen LogP contribution is -2.45. The maximum Gasteiger partial charge on any atom is 0.152 e. The van der Waals surface area contributed by atoms with E-state index in [0.717, 1.165) is 25.9 Å². The highest BCUT2D eigenvalue weighted by Crippen LogP contribution is 2.26. The Kier molecular flexibility index (Phi) is 3.63. The number of carbonyl (C=O) groups is 1. The molecule has 1 heterocycles. The first-order valence-corrected chi connectivity index (χ1v) is 6.37. The number of hydrogen-bond donors (Lipinski definition) is 0. The van der Waals surface area contributed by atoms with Crippen LogP contribution < -0.4 is 0 Å². The topological polar surface area (TPSA) is 20.3 Å². The van der Waals surface area contributed by atoms with Crippen molar-refractivity contribution < 1.29 is 4.79 Å². The third-order valence-corrected chi connectivity index (χ3v) is 3.73. The van der Waals surface area contributed by atoms with Gasteiger partial charge < -0.3 is 0 Å². The largest absolute Gasteiger partial charge is 0.298 e. The van der Waals surface area contributed by atoms with Gasteiger partial charge in [0, 0.05) is 12.0 Å². The van der Waals surface area contributed by atoms with Gasteiger partial charge in [0.2, 0.25) is 0 Å². The molecule has 17 heavy (non-hydrogen) atoms. The molecule has 0 N–H and O–H groups in total. The van der Waals surface area contributed by atoms with Gasteiger partial charge in [-0.2, -0.15) is 0 Å². The number of rotatable bonds is 3. The van der Waals surface area contributed by atoms with E-state index in [2.05, 4.69) is 43.0 Å². The summed E-state index contributed by atoms with van der Waals surface area (Å²) in [6.45, 7) is 6.78. The van der Waals surface area contributed by atoms with Crippen molar-refractivity contribution in [2.24, 2.45) is 5.41 Å².